The zero-order valence-electron chi connectivity index (χ0n) is 8.88. The fraction of sp³-hybridized carbons (Fsp3) is 0.364. The van der Waals surface area contributed by atoms with Gasteiger partial charge in [-0.15, -0.1) is 0 Å². The summed E-state index contributed by atoms with van der Waals surface area (Å²) in [4.78, 5) is 10.4. The summed E-state index contributed by atoms with van der Waals surface area (Å²) in [5.41, 5.74) is -4.36. The van der Waals surface area contributed by atoms with E-state index in [9.17, 15) is 22.4 Å². The molecule has 1 aromatic rings. The average Bonchev–Trinajstić information content (AvgIpc) is 2.14. The molecule has 6 heteroatoms. The molecule has 1 atom stereocenters. The first-order valence-corrected chi connectivity index (χ1v) is 4.72. The lowest BCUT2D eigenvalue weighted by atomic mass is 9.90. The highest BCUT2D eigenvalue weighted by Crippen LogP contribution is 2.39. The van der Waals surface area contributed by atoms with Gasteiger partial charge < -0.3 is 5.11 Å². The summed E-state index contributed by atoms with van der Waals surface area (Å²) in [5, 5.41) is 8.48. The van der Waals surface area contributed by atoms with Crippen molar-refractivity contribution in [2.45, 2.75) is 25.2 Å². The predicted octanol–water partition coefficient (Wildman–Crippen LogP) is 3.36. The normalized spacial score (nSPS) is 15.4. The van der Waals surface area contributed by atoms with Crippen molar-refractivity contribution in [1.82, 2.24) is 0 Å². The van der Waals surface area contributed by atoms with Crippen LogP contribution in [0.2, 0.25) is 0 Å². The zero-order chi connectivity index (χ0) is 13.3. The lowest BCUT2D eigenvalue weighted by molar-refractivity contribution is -0.144. The second-order valence-electron chi connectivity index (χ2n) is 3.81. The van der Waals surface area contributed by atoms with Gasteiger partial charge in [0.15, 0.2) is 0 Å². The molecule has 2 nitrogen and oxygen atoms in total. The zero-order valence-corrected chi connectivity index (χ0v) is 8.88. The van der Waals surface area contributed by atoms with Crippen molar-refractivity contribution in [3.05, 3.63) is 35.4 Å². The number of carbonyl (C=O) groups is 1. The van der Waals surface area contributed by atoms with Gasteiger partial charge in [0.25, 0.3) is 0 Å². The lowest BCUT2D eigenvalue weighted by Gasteiger charge is -2.23. The minimum absolute atomic E-state index is 0.657. The van der Waals surface area contributed by atoms with Gasteiger partial charge >= 0.3 is 12.1 Å². The molecule has 1 unspecified atom stereocenters. The van der Waals surface area contributed by atoms with Crippen LogP contribution in [0.3, 0.4) is 0 Å². The van der Waals surface area contributed by atoms with Crippen molar-refractivity contribution < 1.29 is 27.5 Å². The third-order valence-corrected chi connectivity index (χ3v) is 2.28. The number of alkyl halides is 4. The second-order valence-corrected chi connectivity index (χ2v) is 3.81. The van der Waals surface area contributed by atoms with Crippen LogP contribution in [0.15, 0.2) is 24.3 Å². The van der Waals surface area contributed by atoms with E-state index in [1.807, 2.05) is 0 Å². The molecule has 0 aliphatic carbocycles. The van der Waals surface area contributed by atoms with Crippen molar-refractivity contribution >= 4 is 5.97 Å². The van der Waals surface area contributed by atoms with Crippen LogP contribution in [0.1, 0.15) is 24.5 Å². The van der Waals surface area contributed by atoms with Crippen molar-refractivity contribution in [2.24, 2.45) is 0 Å². The number of aliphatic carboxylic acids is 1. The summed E-state index contributed by atoms with van der Waals surface area (Å²) < 4.78 is 51.8. The number of rotatable bonds is 3. The summed E-state index contributed by atoms with van der Waals surface area (Å²) in [6, 6.07) is 4.05. The van der Waals surface area contributed by atoms with Crippen LogP contribution in [-0.2, 0) is 16.6 Å². The van der Waals surface area contributed by atoms with Crippen molar-refractivity contribution in [3.8, 4) is 0 Å². The highest BCUT2D eigenvalue weighted by molar-refractivity contribution is 5.68. The van der Waals surface area contributed by atoms with Crippen LogP contribution >= 0.6 is 0 Å². The molecule has 1 rings (SSSR count). The third kappa shape index (κ3) is 3.18. The Morgan fingerprint density at radius 1 is 1.18 bits per heavy atom. The molecule has 0 spiro atoms. The van der Waals surface area contributed by atoms with Crippen LogP contribution in [0, 0.1) is 0 Å². The van der Waals surface area contributed by atoms with E-state index in [0.717, 1.165) is 25.1 Å². The molecule has 0 aliphatic rings. The first-order valence-electron chi connectivity index (χ1n) is 4.72. The van der Waals surface area contributed by atoms with E-state index in [1.165, 1.54) is 6.07 Å². The summed E-state index contributed by atoms with van der Waals surface area (Å²) in [6.45, 7) is 0.825. The first kappa shape index (κ1) is 13.5. The third-order valence-electron chi connectivity index (χ3n) is 2.28. The Morgan fingerprint density at radius 3 is 2.06 bits per heavy atom. The van der Waals surface area contributed by atoms with Crippen molar-refractivity contribution in [2.75, 3.05) is 0 Å². The van der Waals surface area contributed by atoms with Gasteiger partial charge in [-0.05, 0) is 13.0 Å². The summed E-state index contributed by atoms with van der Waals surface area (Å²) in [5.74, 6) is -1.49. The number of carboxylic acids is 1. The molecule has 0 radical (unpaired) electrons. The molecule has 17 heavy (non-hydrogen) atoms. The fourth-order valence-electron chi connectivity index (χ4n) is 1.56. The molecule has 0 saturated carbocycles. The Labute approximate surface area is 94.9 Å². The van der Waals surface area contributed by atoms with Gasteiger partial charge in [0.05, 0.1) is 12.0 Å². The van der Waals surface area contributed by atoms with E-state index >= 15 is 0 Å². The monoisotopic (exact) mass is 250 g/mol. The molecule has 0 saturated heterocycles. The topological polar surface area (TPSA) is 37.3 Å². The van der Waals surface area contributed by atoms with E-state index in [1.54, 1.807) is 0 Å². The number of carboxylic acid groups (broad SMARTS) is 1. The second kappa shape index (κ2) is 4.35. The van der Waals surface area contributed by atoms with Gasteiger partial charge in [-0.1, -0.05) is 18.2 Å². The summed E-state index contributed by atoms with van der Waals surface area (Å²) >= 11 is 0. The summed E-state index contributed by atoms with van der Waals surface area (Å²) in [6.07, 6.45) is -5.72. The summed E-state index contributed by atoms with van der Waals surface area (Å²) in [7, 11) is 0. The maximum absolute atomic E-state index is 14.0. The maximum Gasteiger partial charge on any atom is 0.416 e. The van der Waals surface area contributed by atoms with E-state index in [4.69, 9.17) is 5.11 Å². The van der Waals surface area contributed by atoms with Gasteiger partial charge in [0.2, 0.25) is 0 Å². The number of halogens is 4. The van der Waals surface area contributed by atoms with Crippen LogP contribution in [0.5, 0.6) is 0 Å². The minimum Gasteiger partial charge on any atom is -0.481 e. The van der Waals surface area contributed by atoms with Crippen LogP contribution in [-0.4, -0.2) is 11.1 Å². The number of hydrogen-bond acceptors (Lipinski definition) is 1. The Bertz CT molecular complexity index is 424. The highest BCUT2D eigenvalue weighted by Gasteiger charge is 2.40. The molecule has 1 N–H and O–H groups in total. The highest BCUT2D eigenvalue weighted by atomic mass is 19.4. The Balaban J connectivity index is 3.26. The lowest BCUT2D eigenvalue weighted by Crippen LogP contribution is -2.24. The van der Waals surface area contributed by atoms with Crippen molar-refractivity contribution in [1.29, 1.82) is 0 Å². The first-order chi connectivity index (χ1) is 7.64. The van der Waals surface area contributed by atoms with Crippen LogP contribution in [0.4, 0.5) is 17.6 Å². The predicted molar refractivity (Wildman–Crippen MR) is 52.2 cm³/mol. The molecule has 0 aliphatic heterocycles. The molecule has 0 amide bonds. The standard InChI is InChI=1S/C11H10F4O2/c1-10(12,6-9(16)17)7-4-2-3-5-8(7)11(13,14)15/h2-5H,6H2,1H3,(H,16,17). The van der Waals surface area contributed by atoms with Crippen LogP contribution in [0.25, 0.3) is 0 Å². The molecule has 0 aromatic heterocycles. The molecule has 94 valence electrons. The van der Waals surface area contributed by atoms with Gasteiger partial charge in [-0.3, -0.25) is 4.79 Å². The number of hydrogen-bond donors (Lipinski definition) is 1. The molecule has 0 fully saturated rings. The molecular weight excluding hydrogens is 240 g/mol. The van der Waals surface area contributed by atoms with Gasteiger partial charge in [0, 0.05) is 5.56 Å². The number of benzene rings is 1. The van der Waals surface area contributed by atoms with Gasteiger partial charge in [-0.2, -0.15) is 13.2 Å². The van der Waals surface area contributed by atoms with E-state index < -0.39 is 35.4 Å². The van der Waals surface area contributed by atoms with E-state index in [-0.39, 0.29) is 0 Å². The smallest absolute Gasteiger partial charge is 0.416 e. The molecule has 1 aromatic carbocycles. The van der Waals surface area contributed by atoms with Gasteiger partial charge in [-0.25, -0.2) is 4.39 Å². The molecule has 0 bridgehead atoms. The molecule has 0 heterocycles. The van der Waals surface area contributed by atoms with Crippen LogP contribution < -0.4 is 0 Å². The largest absolute Gasteiger partial charge is 0.481 e. The molecular formula is C11H10F4O2. The SMILES string of the molecule is CC(F)(CC(=O)O)c1ccccc1C(F)(F)F. The average molecular weight is 250 g/mol. The Hall–Kier alpha value is -1.59. The van der Waals surface area contributed by atoms with E-state index in [0.29, 0.717) is 0 Å². The maximum atomic E-state index is 14.0. The van der Waals surface area contributed by atoms with E-state index in [2.05, 4.69) is 0 Å². The Morgan fingerprint density at radius 2 is 1.65 bits per heavy atom. The van der Waals surface area contributed by atoms with Gasteiger partial charge in [0.1, 0.15) is 5.67 Å². The minimum atomic E-state index is -4.71. The quantitative estimate of drug-likeness (QED) is 0.835. The Kier molecular flexibility index (Phi) is 3.45. The van der Waals surface area contributed by atoms with Crippen molar-refractivity contribution in [3.63, 3.8) is 0 Å². The fourth-order valence-corrected chi connectivity index (χ4v) is 1.56.